The standard InChI is InChI=1S/C20H21F2NO/c1-13-3-5-14(6-4-13)15-7-9-16(10-8-15)17-11-12-18(24-23-2)20(22)19(17)21/h7-14H,2-6H2,1H3. The summed E-state index contributed by atoms with van der Waals surface area (Å²) in [6.45, 7) is 5.40. The number of halogens is 2. The molecule has 0 aromatic heterocycles. The van der Waals surface area contributed by atoms with Gasteiger partial charge in [-0.1, -0.05) is 49.2 Å². The lowest BCUT2D eigenvalue weighted by atomic mass is 9.79. The van der Waals surface area contributed by atoms with Crippen molar-refractivity contribution in [2.75, 3.05) is 0 Å². The molecule has 0 radical (unpaired) electrons. The van der Waals surface area contributed by atoms with Crippen LogP contribution in [0.4, 0.5) is 8.78 Å². The highest BCUT2D eigenvalue weighted by Crippen LogP contribution is 2.37. The molecule has 0 spiro atoms. The molecule has 0 amide bonds. The Morgan fingerprint density at radius 2 is 1.62 bits per heavy atom. The van der Waals surface area contributed by atoms with Gasteiger partial charge in [0.1, 0.15) is 0 Å². The fourth-order valence-corrected chi connectivity index (χ4v) is 3.42. The van der Waals surface area contributed by atoms with E-state index in [1.165, 1.54) is 43.4 Å². The monoisotopic (exact) mass is 329 g/mol. The van der Waals surface area contributed by atoms with Gasteiger partial charge in [-0.15, -0.1) is 0 Å². The van der Waals surface area contributed by atoms with Crippen LogP contribution < -0.4 is 4.84 Å². The topological polar surface area (TPSA) is 21.6 Å². The molecule has 0 N–H and O–H groups in total. The Morgan fingerprint density at radius 3 is 2.25 bits per heavy atom. The van der Waals surface area contributed by atoms with Gasteiger partial charge in [0.2, 0.25) is 5.82 Å². The number of benzene rings is 2. The predicted molar refractivity (Wildman–Crippen MR) is 92.3 cm³/mol. The van der Waals surface area contributed by atoms with Crippen LogP contribution >= 0.6 is 0 Å². The highest BCUT2D eigenvalue weighted by molar-refractivity contribution is 5.65. The minimum atomic E-state index is -1.05. The Hall–Kier alpha value is -2.23. The SMILES string of the molecule is C=NOc1ccc(-c2ccc(C3CCC(C)CC3)cc2)c(F)c1F. The second-order valence-electron chi connectivity index (χ2n) is 6.54. The van der Waals surface area contributed by atoms with Crippen LogP contribution in [0.25, 0.3) is 11.1 Å². The molecule has 24 heavy (non-hydrogen) atoms. The van der Waals surface area contributed by atoms with Crippen molar-refractivity contribution in [1.82, 2.24) is 0 Å². The van der Waals surface area contributed by atoms with E-state index in [1.54, 1.807) is 0 Å². The summed E-state index contributed by atoms with van der Waals surface area (Å²) >= 11 is 0. The fraction of sp³-hybridized carbons (Fsp3) is 0.350. The van der Waals surface area contributed by atoms with E-state index in [9.17, 15) is 8.78 Å². The third-order valence-electron chi connectivity index (χ3n) is 4.92. The average Bonchev–Trinajstić information content (AvgIpc) is 2.60. The Kier molecular flexibility index (Phi) is 4.93. The van der Waals surface area contributed by atoms with Crippen molar-refractivity contribution in [1.29, 1.82) is 0 Å². The van der Waals surface area contributed by atoms with Gasteiger partial charge in [-0.2, -0.15) is 4.39 Å². The predicted octanol–water partition coefficient (Wildman–Crippen LogP) is 5.92. The van der Waals surface area contributed by atoms with Crippen molar-refractivity contribution in [2.24, 2.45) is 11.1 Å². The first-order chi connectivity index (χ1) is 11.6. The van der Waals surface area contributed by atoms with Crippen LogP contribution in [-0.2, 0) is 0 Å². The zero-order chi connectivity index (χ0) is 17.1. The van der Waals surface area contributed by atoms with Crippen LogP contribution in [0, 0.1) is 17.6 Å². The minimum Gasteiger partial charge on any atom is -0.354 e. The van der Waals surface area contributed by atoms with Crippen LogP contribution in [0.1, 0.15) is 44.1 Å². The van der Waals surface area contributed by atoms with E-state index in [0.29, 0.717) is 11.5 Å². The number of rotatable bonds is 4. The third-order valence-corrected chi connectivity index (χ3v) is 4.92. The molecule has 2 aromatic carbocycles. The molecule has 1 aliphatic carbocycles. The Labute approximate surface area is 141 Å². The molecule has 1 aliphatic rings. The quantitative estimate of drug-likeness (QED) is 0.504. The first-order valence-electron chi connectivity index (χ1n) is 8.31. The first-order valence-corrected chi connectivity index (χ1v) is 8.31. The Bertz CT molecular complexity index is 719. The lowest BCUT2D eigenvalue weighted by Gasteiger charge is -2.26. The fourth-order valence-electron chi connectivity index (χ4n) is 3.42. The molecule has 0 unspecified atom stereocenters. The summed E-state index contributed by atoms with van der Waals surface area (Å²) in [5.74, 6) is -0.866. The summed E-state index contributed by atoms with van der Waals surface area (Å²) in [6.07, 6.45) is 4.91. The molecule has 2 aromatic rings. The van der Waals surface area contributed by atoms with Gasteiger partial charge in [-0.3, -0.25) is 0 Å². The van der Waals surface area contributed by atoms with E-state index in [-0.39, 0.29) is 11.3 Å². The van der Waals surface area contributed by atoms with Crippen LogP contribution in [0.5, 0.6) is 5.75 Å². The molecule has 0 saturated heterocycles. The highest BCUT2D eigenvalue weighted by Gasteiger charge is 2.20. The van der Waals surface area contributed by atoms with Crippen molar-refractivity contribution in [2.45, 2.75) is 38.5 Å². The Morgan fingerprint density at radius 1 is 0.958 bits per heavy atom. The maximum atomic E-state index is 14.3. The number of oxime groups is 1. The van der Waals surface area contributed by atoms with Crippen LogP contribution in [0.2, 0.25) is 0 Å². The van der Waals surface area contributed by atoms with Crippen molar-refractivity contribution < 1.29 is 13.6 Å². The van der Waals surface area contributed by atoms with Crippen LogP contribution in [-0.4, -0.2) is 6.72 Å². The second-order valence-corrected chi connectivity index (χ2v) is 6.54. The Balaban J connectivity index is 1.83. The highest BCUT2D eigenvalue weighted by atomic mass is 19.2. The molecule has 4 heteroatoms. The third kappa shape index (κ3) is 3.32. The largest absolute Gasteiger partial charge is 0.354 e. The van der Waals surface area contributed by atoms with Gasteiger partial charge in [-0.25, -0.2) is 4.39 Å². The van der Waals surface area contributed by atoms with Gasteiger partial charge < -0.3 is 4.84 Å². The maximum Gasteiger partial charge on any atom is 0.204 e. The molecule has 126 valence electrons. The van der Waals surface area contributed by atoms with E-state index in [0.717, 1.165) is 5.92 Å². The van der Waals surface area contributed by atoms with Crippen LogP contribution in [0.3, 0.4) is 0 Å². The van der Waals surface area contributed by atoms with Crippen molar-refractivity contribution >= 4 is 6.72 Å². The molecule has 0 atom stereocenters. The molecule has 2 nitrogen and oxygen atoms in total. The van der Waals surface area contributed by atoms with Crippen molar-refractivity contribution in [3.63, 3.8) is 0 Å². The van der Waals surface area contributed by atoms with E-state index in [2.05, 4.69) is 23.6 Å². The van der Waals surface area contributed by atoms with E-state index in [1.807, 2.05) is 24.3 Å². The molecule has 1 fully saturated rings. The van der Waals surface area contributed by atoms with Gasteiger partial charge in [-0.05, 0) is 47.9 Å². The molecule has 0 aliphatic heterocycles. The summed E-state index contributed by atoms with van der Waals surface area (Å²) in [5.41, 5.74) is 2.15. The zero-order valence-corrected chi connectivity index (χ0v) is 13.8. The van der Waals surface area contributed by atoms with Gasteiger partial charge in [0.15, 0.2) is 11.6 Å². The number of hydrogen-bond acceptors (Lipinski definition) is 2. The van der Waals surface area contributed by atoms with Gasteiger partial charge in [0, 0.05) is 12.3 Å². The summed E-state index contributed by atoms with van der Waals surface area (Å²) in [7, 11) is 0. The molecule has 1 saturated carbocycles. The van der Waals surface area contributed by atoms with E-state index < -0.39 is 11.6 Å². The molecule has 0 bridgehead atoms. The average molecular weight is 329 g/mol. The summed E-state index contributed by atoms with van der Waals surface area (Å²) in [4.78, 5) is 4.61. The summed E-state index contributed by atoms with van der Waals surface area (Å²) in [6, 6.07) is 10.6. The van der Waals surface area contributed by atoms with Crippen molar-refractivity contribution in [3.8, 4) is 16.9 Å². The second kappa shape index (κ2) is 7.12. The minimum absolute atomic E-state index is 0.215. The molecular weight excluding hydrogens is 308 g/mol. The summed E-state index contributed by atoms with van der Waals surface area (Å²) in [5, 5.41) is 3.12. The lowest BCUT2D eigenvalue weighted by Crippen LogP contribution is -2.10. The normalized spacial score (nSPS) is 20.6. The van der Waals surface area contributed by atoms with Gasteiger partial charge in [0.05, 0.1) is 0 Å². The smallest absolute Gasteiger partial charge is 0.204 e. The van der Waals surface area contributed by atoms with Gasteiger partial charge >= 0.3 is 0 Å². The number of hydrogen-bond donors (Lipinski definition) is 0. The molecule has 3 rings (SSSR count). The maximum absolute atomic E-state index is 14.3. The lowest BCUT2D eigenvalue weighted by molar-refractivity contribution is 0.318. The van der Waals surface area contributed by atoms with E-state index >= 15 is 0 Å². The first kappa shape index (κ1) is 16.6. The van der Waals surface area contributed by atoms with Crippen LogP contribution in [0.15, 0.2) is 41.6 Å². The van der Waals surface area contributed by atoms with E-state index in [4.69, 9.17) is 0 Å². The zero-order valence-electron chi connectivity index (χ0n) is 13.8. The van der Waals surface area contributed by atoms with Gasteiger partial charge in [0.25, 0.3) is 0 Å². The molecular formula is C20H21F2NO. The van der Waals surface area contributed by atoms with Crippen molar-refractivity contribution in [3.05, 3.63) is 53.6 Å². The molecule has 0 heterocycles. The summed E-state index contributed by atoms with van der Waals surface area (Å²) < 4.78 is 28.2. The number of nitrogens with zero attached hydrogens (tertiary/aromatic N) is 1.